The lowest BCUT2D eigenvalue weighted by molar-refractivity contribution is 0.0940. The zero-order valence-corrected chi connectivity index (χ0v) is 22.0. The Balaban J connectivity index is 1.44. The number of likely N-dealkylation sites (N-methyl/N-ethyl adjacent to an activating group) is 1. The smallest absolute Gasteiger partial charge is 0.252 e. The molecule has 4 N–H and O–H groups in total. The highest BCUT2D eigenvalue weighted by Crippen LogP contribution is 2.35. The number of aliphatic hydroxyl groups excluding tert-OH is 1. The molecule has 0 spiro atoms. The summed E-state index contributed by atoms with van der Waals surface area (Å²) >= 11 is 0. The molecule has 196 valence electrons. The number of hydrogen-bond acceptors (Lipinski definition) is 8. The van der Waals surface area contributed by atoms with Crippen molar-refractivity contribution in [1.29, 1.82) is 0 Å². The number of carbonyl (C=O) groups is 1. The monoisotopic (exact) mass is 504 g/mol. The summed E-state index contributed by atoms with van der Waals surface area (Å²) in [6.07, 6.45) is 9.02. The van der Waals surface area contributed by atoms with Crippen molar-refractivity contribution in [1.82, 2.24) is 30.0 Å². The van der Waals surface area contributed by atoms with Crippen LogP contribution in [0.4, 0.5) is 17.5 Å². The molecule has 0 unspecified atom stereocenters. The van der Waals surface area contributed by atoms with E-state index < -0.39 is 5.54 Å². The van der Waals surface area contributed by atoms with Crippen molar-refractivity contribution in [2.75, 3.05) is 37.9 Å². The first-order valence-corrected chi connectivity index (χ1v) is 12.9. The van der Waals surface area contributed by atoms with Gasteiger partial charge in [-0.3, -0.25) is 9.48 Å². The molecule has 10 nitrogen and oxygen atoms in total. The Kier molecular flexibility index (Phi) is 6.87. The van der Waals surface area contributed by atoms with E-state index in [1.807, 2.05) is 63.2 Å². The highest BCUT2D eigenvalue weighted by molar-refractivity contribution is 6.00. The zero-order valence-electron chi connectivity index (χ0n) is 22.0. The molecule has 1 aliphatic carbocycles. The van der Waals surface area contributed by atoms with E-state index in [2.05, 4.69) is 30.9 Å². The minimum Gasteiger partial charge on any atom is -0.394 e. The number of hydrogen-bond donors (Lipinski definition) is 4. The van der Waals surface area contributed by atoms with E-state index >= 15 is 0 Å². The van der Waals surface area contributed by atoms with Gasteiger partial charge in [-0.25, -0.2) is 4.98 Å². The molecule has 5 rings (SSSR count). The van der Waals surface area contributed by atoms with Crippen LogP contribution in [0.3, 0.4) is 0 Å². The third-order valence-corrected chi connectivity index (χ3v) is 7.37. The predicted octanol–water partition coefficient (Wildman–Crippen LogP) is 3.20. The minimum atomic E-state index is -0.439. The Bertz CT molecular complexity index is 1280. The maximum Gasteiger partial charge on any atom is 0.252 e. The van der Waals surface area contributed by atoms with Gasteiger partial charge in [0.05, 0.1) is 30.9 Å². The van der Waals surface area contributed by atoms with E-state index in [1.54, 1.807) is 6.20 Å². The normalized spacial score (nSPS) is 17.3. The first-order valence-electron chi connectivity index (χ1n) is 12.9. The van der Waals surface area contributed by atoms with Crippen molar-refractivity contribution >= 4 is 23.4 Å². The maximum atomic E-state index is 12.3. The third-order valence-electron chi connectivity index (χ3n) is 7.37. The molecule has 1 aliphatic heterocycles. The van der Waals surface area contributed by atoms with Gasteiger partial charge in [-0.15, -0.1) is 0 Å². The average Bonchev–Trinajstić information content (AvgIpc) is 3.38. The summed E-state index contributed by atoms with van der Waals surface area (Å²) in [7, 11) is 4.08. The van der Waals surface area contributed by atoms with E-state index in [-0.39, 0.29) is 18.6 Å². The number of aliphatic hydroxyl groups is 1. The number of aromatic nitrogens is 4. The summed E-state index contributed by atoms with van der Waals surface area (Å²) in [6.45, 7) is 5.69. The Morgan fingerprint density at radius 2 is 2.05 bits per heavy atom. The zero-order chi connectivity index (χ0) is 26.2. The van der Waals surface area contributed by atoms with Crippen LogP contribution in [0.15, 0.2) is 36.8 Å². The van der Waals surface area contributed by atoms with Crippen LogP contribution >= 0.6 is 0 Å². The number of carbonyl (C=O) groups excluding carboxylic acids is 1. The Morgan fingerprint density at radius 3 is 2.76 bits per heavy atom. The number of rotatable bonds is 10. The van der Waals surface area contributed by atoms with Crippen molar-refractivity contribution in [3.8, 4) is 11.1 Å². The molecule has 2 aromatic heterocycles. The van der Waals surface area contributed by atoms with Crippen molar-refractivity contribution in [3.05, 3.63) is 47.9 Å². The fraction of sp³-hybridized carbons (Fsp3) is 0.481. The van der Waals surface area contributed by atoms with Crippen molar-refractivity contribution < 1.29 is 9.90 Å². The largest absolute Gasteiger partial charge is 0.394 e. The molecule has 1 amide bonds. The summed E-state index contributed by atoms with van der Waals surface area (Å²) in [5.74, 6) is 1.47. The molecule has 3 heterocycles. The van der Waals surface area contributed by atoms with Crippen LogP contribution in [-0.4, -0.2) is 69.0 Å². The van der Waals surface area contributed by atoms with Crippen LogP contribution in [0.25, 0.3) is 11.1 Å². The summed E-state index contributed by atoms with van der Waals surface area (Å²) in [5, 5.41) is 24.4. The van der Waals surface area contributed by atoms with E-state index in [4.69, 9.17) is 4.98 Å². The standard InChI is InChI=1S/C27H36N8O2/c1-27(2)22-12-19(8-9-20(22)25(37)33-27)30-26-28-14-21(18-13-29-35(15-18)11-10-34(3)4)24(32-26)31-23(16-36)17-6-5-7-17/h8-9,12-15,17,23,36H,5-7,10-11,16H2,1-4H3,(H,33,37)(H2,28,30,31,32)/t23-/m1/s1. The van der Waals surface area contributed by atoms with Gasteiger partial charge < -0.3 is 26.0 Å². The number of anilines is 3. The number of fused-ring (bicyclic) bond motifs is 1. The van der Waals surface area contributed by atoms with Crippen LogP contribution < -0.4 is 16.0 Å². The predicted molar refractivity (Wildman–Crippen MR) is 144 cm³/mol. The second-order valence-corrected chi connectivity index (χ2v) is 10.8. The lowest BCUT2D eigenvalue weighted by Gasteiger charge is -2.33. The fourth-order valence-corrected chi connectivity index (χ4v) is 4.91. The number of nitrogens with one attached hydrogen (secondary N) is 3. The van der Waals surface area contributed by atoms with Gasteiger partial charge in [0.15, 0.2) is 0 Å². The molecular weight excluding hydrogens is 468 g/mol. The van der Waals surface area contributed by atoms with Crippen LogP contribution in [-0.2, 0) is 12.1 Å². The second kappa shape index (κ2) is 10.1. The molecular formula is C27H36N8O2. The lowest BCUT2D eigenvalue weighted by Crippen LogP contribution is -2.37. The van der Waals surface area contributed by atoms with Gasteiger partial charge in [0.2, 0.25) is 5.95 Å². The molecule has 0 bridgehead atoms. The van der Waals surface area contributed by atoms with Gasteiger partial charge >= 0.3 is 0 Å². The van der Waals surface area contributed by atoms with Crippen LogP contribution in [0.1, 0.15) is 49.0 Å². The van der Waals surface area contributed by atoms with Crippen molar-refractivity contribution in [3.63, 3.8) is 0 Å². The average molecular weight is 505 g/mol. The maximum absolute atomic E-state index is 12.3. The molecule has 0 saturated heterocycles. The van der Waals surface area contributed by atoms with Crippen LogP contribution in [0.2, 0.25) is 0 Å². The molecule has 1 saturated carbocycles. The molecule has 2 aliphatic rings. The van der Waals surface area contributed by atoms with Crippen LogP contribution in [0.5, 0.6) is 0 Å². The van der Waals surface area contributed by atoms with Gasteiger partial charge in [0.1, 0.15) is 5.82 Å². The van der Waals surface area contributed by atoms with E-state index in [0.29, 0.717) is 23.2 Å². The second-order valence-electron chi connectivity index (χ2n) is 10.8. The number of nitrogens with zero attached hydrogens (tertiary/aromatic N) is 5. The molecule has 10 heteroatoms. The quantitative estimate of drug-likeness (QED) is 0.332. The minimum absolute atomic E-state index is 0.0416. The highest BCUT2D eigenvalue weighted by atomic mass is 16.3. The summed E-state index contributed by atoms with van der Waals surface area (Å²) in [6, 6.07) is 5.59. The number of benzene rings is 1. The highest BCUT2D eigenvalue weighted by Gasteiger charge is 2.35. The van der Waals surface area contributed by atoms with Gasteiger partial charge in [0.25, 0.3) is 5.91 Å². The molecule has 37 heavy (non-hydrogen) atoms. The number of amides is 1. The fourth-order valence-electron chi connectivity index (χ4n) is 4.91. The Labute approximate surface area is 217 Å². The van der Waals surface area contributed by atoms with Crippen molar-refractivity contribution in [2.45, 2.75) is 51.2 Å². The summed E-state index contributed by atoms with van der Waals surface area (Å²) in [5.41, 5.74) is 3.74. The first kappa shape index (κ1) is 25.2. The molecule has 0 radical (unpaired) electrons. The van der Waals surface area contributed by atoms with E-state index in [0.717, 1.165) is 48.3 Å². The van der Waals surface area contributed by atoms with E-state index in [9.17, 15) is 9.90 Å². The van der Waals surface area contributed by atoms with Gasteiger partial charge in [0, 0.05) is 41.3 Å². The topological polar surface area (TPSA) is 120 Å². The third kappa shape index (κ3) is 5.30. The van der Waals surface area contributed by atoms with Crippen LogP contribution in [0, 0.1) is 5.92 Å². The van der Waals surface area contributed by atoms with Crippen molar-refractivity contribution in [2.24, 2.45) is 5.92 Å². The molecule has 1 aromatic carbocycles. The molecule has 1 fully saturated rings. The summed E-state index contributed by atoms with van der Waals surface area (Å²) < 4.78 is 1.92. The lowest BCUT2D eigenvalue weighted by atomic mass is 9.80. The van der Waals surface area contributed by atoms with Gasteiger partial charge in [-0.2, -0.15) is 10.1 Å². The Morgan fingerprint density at radius 1 is 1.24 bits per heavy atom. The van der Waals surface area contributed by atoms with Gasteiger partial charge in [-0.05, 0) is 70.5 Å². The first-order chi connectivity index (χ1) is 17.7. The molecule has 1 atom stereocenters. The Hall–Kier alpha value is -3.50. The SMILES string of the molecule is CN(C)CCn1cc(-c2cnc(Nc3ccc4c(c3)C(C)(C)NC4=O)nc2N[C@H](CO)C2CCC2)cn1. The van der Waals surface area contributed by atoms with Gasteiger partial charge in [-0.1, -0.05) is 6.42 Å². The van der Waals surface area contributed by atoms with E-state index in [1.165, 1.54) is 6.42 Å². The summed E-state index contributed by atoms with van der Waals surface area (Å²) in [4.78, 5) is 23.8. The molecule has 3 aromatic rings.